The highest BCUT2D eigenvalue weighted by Gasteiger charge is 2.30. The molecule has 1 aromatic carbocycles. The van der Waals surface area contributed by atoms with Crippen LogP contribution in [0.4, 0.5) is 18.9 Å². The second kappa shape index (κ2) is 5.18. The second-order valence-corrected chi connectivity index (χ2v) is 4.61. The number of fused-ring (bicyclic) bond motifs is 1. The number of carbonyl (C=O) groups excluding carboxylic acids is 1. The number of aromatic nitrogens is 2. The van der Waals surface area contributed by atoms with E-state index in [1.807, 2.05) is 0 Å². The molecule has 0 bridgehead atoms. The molecule has 0 radical (unpaired) electrons. The van der Waals surface area contributed by atoms with Gasteiger partial charge in [-0.2, -0.15) is 13.2 Å². The minimum Gasteiger partial charge on any atom is -0.322 e. The normalized spacial score (nSPS) is 11.6. The first-order valence-electron chi connectivity index (χ1n) is 6.35. The highest BCUT2D eigenvalue weighted by molar-refractivity contribution is 6.08. The maximum absolute atomic E-state index is 12.5. The van der Waals surface area contributed by atoms with E-state index in [9.17, 15) is 18.0 Å². The Bertz CT molecular complexity index is 822. The summed E-state index contributed by atoms with van der Waals surface area (Å²) in [6.07, 6.45) is 0.607. The third-order valence-corrected chi connectivity index (χ3v) is 3.13. The number of alkyl halides is 3. The van der Waals surface area contributed by atoms with Crippen molar-refractivity contribution in [2.24, 2.45) is 0 Å². The molecule has 0 unspecified atom stereocenters. The Labute approximate surface area is 123 Å². The Kier molecular flexibility index (Phi) is 3.32. The molecule has 0 aliphatic heterocycles. The van der Waals surface area contributed by atoms with Gasteiger partial charge in [0.05, 0.1) is 11.1 Å². The van der Waals surface area contributed by atoms with Crippen LogP contribution in [0.1, 0.15) is 15.9 Å². The number of rotatable bonds is 2. The minimum atomic E-state index is -4.40. The van der Waals surface area contributed by atoms with E-state index in [0.29, 0.717) is 11.2 Å². The molecule has 0 saturated carbocycles. The topological polar surface area (TPSA) is 46.4 Å². The molecule has 3 rings (SSSR count). The summed E-state index contributed by atoms with van der Waals surface area (Å²) in [7, 11) is 0. The van der Waals surface area contributed by atoms with Crippen molar-refractivity contribution in [3.63, 3.8) is 0 Å². The number of hydrogen-bond acceptors (Lipinski definition) is 2. The number of hydrogen-bond donors (Lipinski definition) is 1. The van der Waals surface area contributed by atoms with Crippen LogP contribution in [0.5, 0.6) is 0 Å². The summed E-state index contributed by atoms with van der Waals surface area (Å²) in [6, 6.07) is 7.56. The fraction of sp³-hybridized carbons (Fsp3) is 0.0667. The highest BCUT2D eigenvalue weighted by atomic mass is 19.4. The molecule has 2 aromatic heterocycles. The fourth-order valence-corrected chi connectivity index (χ4v) is 2.07. The van der Waals surface area contributed by atoms with Gasteiger partial charge in [0.25, 0.3) is 5.91 Å². The number of nitrogens with zero attached hydrogens (tertiary/aromatic N) is 2. The van der Waals surface area contributed by atoms with Crippen LogP contribution < -0.4 is 5.32 Å². The Morgan fingerprint density at radius 2 is 1.82 bits per heavy atom. The van der Waals surface area contributed by atoms with E-state index in [1.165, 1.54) is 12.1 Å². The van der Waals surface area contributed by atoms with Crippen LogP contribution in [-0.4, -0.2) is 15.3 Å². The maximum atomic E-state index is 12.5. The molecule has 0 fully saturated rings. The zero-order valence-electron chi connectivity index (χ0n) is 11.1. The Morgan fingerprint density at radius 3 is 2.50 bits per heavy atom. The second-order valence-electron chi connectivity index (χ2n) is 4.61. The molecule has 3 aromatic rings. The van der Waals surface area contributed by atoms with E-state index in [-0.39, 0.29) is 5.69 Å². The van der Waals surface area contributed by atoms with Gasteiger partial charge in [0.2, 0.25) is 0 Å². The quantitative estimate of drug-likeness (QED) is 0.786. The smallest absolute Gasteiger partial charge is 0.322 e. The van der Waals surface area contributed by atoms with Crippen molar-refractivity contribution in [1.29, 1.82) is 0 Å². The van der Waals surface area contributed by atoms with Crippen LogP contribution in [0.2, 0.25) is 0 Å². The number of nitrogens with one attached hydrogen (secondary N) is 1. The summed E-state index contributed by atoms with van der Waals surface area (Å²) < 4.78 is 39.1. The molecule has 1 N–H and O–H groups in total. The third kappa shape index (κ3) is 2.65. The highest BCUT2D eigenvalue weighted by Crippen LogP contribution is 2.29. The summed E-state index contributed by atoms with van der Waals surface area (Å²) in [5, 5.41) is 2.56. The number of anilines is 1. The van der Waals surface area contributed by atoms with Gasteiger partial charge < -0.3 is 9.72 Å². The average Bonchev–Trinajstić information content (AvgIpc) is 2.95. The molecule has 0 atom stereocenters. The number of imidazole rings is 1. The summed E-state index contributed by atoms with van der Waals surface area (Å²) in [6.45, 7) is 0. The number of amides is 1. The van der Waals surface area contributed by atoms with Crippen molar-refractivity contribution in [3.05, 3.63) is 66.1 Å². The molecule has 1 amide bonds. The molecule has 0 aliphatic carbocycles. The van der Waals surface area contributed by atoms with Crippen LogP contribution in [-0.2, 0) is 6.18 Å². The van der Waals surface area contributed by atoms with Gasteiger partial charge >= 0.3 is 6.18 Å². The first-order valence-corrected chi connectivity index (χ1v) is 6.35. The summed E-state index contributed by atoms with van der Waals surface area (Å²) in [5.41, 5.74) is 0.340. The summed E-state index contributed by atoms with van der Waals surface area (Å²) >= 11 is 0. The van der Waals surface area contributed by atoms with Crippen molar-refractivity contribution in [3.8, 4) is 0 Å². The van der Waals surface area contributed by atoms with Gasteiger partial charge in [-0.05, 0) is 36.4 Å². The van der Waals surface area contributed by atoms with Crippen LogP contribution in [0, 0.1) is 0 Å². The van der Waals surface area contributed by atoms with Crippen LogP contribution in [0.3, 0.4) is 0 Å². The van der Waals surface area contributed by atoms with Gasteiger partial charge in [-0.25, -0.2) is 4.98 Å². The van der Waals surface area contributed by atoms with E-state index in [2.05, 4.69) is 10.3 Å². The molecule has 4 nitrogen and oxygen atoms in total. The van der Waals surface area contributed by atoms with Gasteiger partial charge in [-0.15, -0.1) is 0 Å². The van der Waals surface area contributed by atoms with Crippen LogP contribution in [0.25, 0.3) is 5.65 Å². The summed E-state index contributed by atoms with van der Waals surface area (Å²) in [5.74, 6) is -0.434. The van der Waals surface area contributed by atoms with Crippen molar-refractivity contribution in [2.75, 3.05) is 5.32 Å². The average molecular weight is 305 g/mol. The lowest BCUT2D eigenvalue weighted by atomic mass is 10.2. The van der Waals surface area contributed by atoms with Gasteiger partial charge in [0, 0.05) is 24.3 Å². The fourth-order valence-electron chi connectivity index (χ4n) is 2.07. The van der Waals surface area contributed by atoms with Crippen molar-refractivity contribution in [2.45, 2.75) is 6.18 Å². The molecular weight excluding hydrogens is 295 g/mol. The largest absolute Gasteiger partial charge is 0.416 e. The lowest BCUT2D eigenvalue weighted by molar-refractivity contribution is -0.137. The maximum Gasteiger partial charge on any atom is 0.416 e. The van der Waals surface area contributed by atoms with Gasteiger partial charge in [0.1, 0.15) is 5.65 Å². The molecule has 22 heavy (non-hydrogen) atoms. The van der Waals surface area contributed by atoms with Gasteiger partial charge in [0.15, 0.2) is 0 Å². The van der Waals surface area contributed by atoms with Crippen molar-refractivity contribution < 1.29 is 18.0 Å². The number of benzene rings is 1. The van der Waals surface area contributed by atoms with Gasteiger partial charge in [-0.3, -0.25) is 4.79 Å². The first kappa shape index (κ1) is 14.1. The molecule has 2 heterocycles. The van der Waals surface area contributed by atoms with E-state index in [0.717, 1.165) is 12.1 Å². The molecule has 0 spiro atoms. The molecule has 0 saturated heterocycles. The van der Waals surface area contributed by atoms with E-state index < -0.39 is 17.6 Å². The first-order chi connectivity index (χ1) is 10.4. The zero-order chi connectivity index (χ0) is 15.7. The van der Waals surface area contributed by atoms with Crippen LogP contribution >= 0.6 is 0 Å². The SMILES string of the molecule is O=C(Nc1ccc(C(F)(F)F)cc1)c1cccn2ccnc12. The number of halogens is 3. The Hall–Kier alpha value is -2.83. The molecule has 0 aliphatic rings. The van der Waals surface area contributed by atoms with E-state index in [1.54, 1.807) is 35.1 Å². The lowest BCUT2D eigenvalue weighted by Crippen LogP contribution is -2.13. The molecular formula is C15H10F3N3O. The van der Waals surface area contributed by atoms with Crippen molar-refractivity contribution >= 4 is 17.2 Å². The molecule has 112 valence electrons. The van der Waals surface area contributed by atoms with Crippen LogP contribution in [0.15, 0.2) is 55.0 Å². The monoisotopic (exact) mass is 305 g/mol. The number of pyridine rings is 1. The Morgan fingerprint density at radius 1 is 1.09 bits per heavy atom. The predicted molar refractivity (Wildman–Crippen MR) is 74.6 cm³/mol. The third-order valence-electron chi connectivity index (χ3n) is 3.13. The van der Waals surface area contributed by atoms with Crippen molar-refractivity contribution in [1.82, 2.24) is 9.38 Å². The van der Waals surface area contributed by atoms with Gasteiger partial charge in [-0.1, -0.05) is 0 Å². The number of carbonyl (C=O) groups is 1. The predicted octanol–water partition coefficient (Wildman–Crippen LogP) is 3.61. The minimum absolute atomic E-state index is 0.284. The summed E-state index contributed by atoms with van der Waals surface area (Å²) in [4.78, 5) is 16.3. The standard InChI is InChI=1S/C15H10F3N3O/c16-15(17,18)10-3-5-11(6-4-10)20-14(22)12-2-1-8-21-9-7-19-13(12)21/h1-9H,(H,20,22). The van der Waals surface area contributed by atoms with E-state index >= 15 is 0 Å². The zero-order valence-corrected chi connectivity index (χ0v) is 11.1. The molecule has 7 heteroatoms. The lowest BCUT2D eigenvalue weighted by Gasteiger charge is -2.09. The Balaban J connectivity index is 1.84. The van der Waals surface area contributed by atoms with E-state index in [4.69, 9.17) is 0 Å².